The molecule has 2 aromatic heterocycles. The zero-order valence-electron chi connectivity index (χ0n) is 17.3. The predicted octanol–water partition coefficient (Wildman–Crippen LogP) is 3.09. The molecule has 10 heteroatoms. The molecule has 1 aliphatic carbocycles. The fraction of sp³-hybridized carbons (Fsp3) is 0.429. The van der Waals surface area contributed by atoms with E-state index in [2.05, 4.69) is 25.2 Å². The number of piperidine rings is 2. The summed E-state index contributed by atoms with van der Waals surface area (Å²) in [6.07, 6.45) is 4.87. The quantitative estimate of drug-likeness (QED) is 0.771. The van der Waals surface area contributed by atoms with Crippen LogP contribution in [0.15, 0.2) is 18.6 Å². The maximum Gasteiger partial charge on any atom is 0.256 e. The molecule has 2 aliphatic heterocycles. The third kappa shape index (κ3) is 3.87. The standard InChI is InChI=1S/C21H23F3N6O/c1-11(8-22)14-7-13(16(23)17(27-14)15-9-26-19(25)18(24)28-15)20(31)29-21-5-3-12(4-6-21)30(2)10-21/h7-9,12H,3-6,10H2,1-2H3,(H2,25,26)(H,29,31)/b11-8+. The van der Waals surface area contributed by atoms with Crippen LogP contribution in [0.25, 0.3) is 17.0 Å². The third-order valence-electron chi connectivity index (χ3n) is 6.23. The highest BCUT2D eigenvalue weighted by Gasteiger charge is 2.44. The van der Waals surface area contributed by atoms with Gasteiger partial charge in [0.2, 0.25) is 0 Å². The number of carbonyl (C=O) groups is 1. The van der Waals surface area contributed by atoms with Gasteiger partial charge in [-0.3, -0.25) is 4.79 Å². The number of hydrogen-bond acceptors (Lipinski definition) is 6. The zero-order valence-corrected chi connectivity index (χ0v) is 17.3. The van der Waals surface area contributed by atoms with E-state index in [1.54, 1.807) is 0 Å². The van der Waals surface area contributed by atoms with Crippen LogP contribution >= 0.6 is 0 Å². The van der Waals surface area contributed by atoms with Crippen LogP contribution in [0.5, 0.6) is 0 Å². The average Bonchev–Trinajstić information content (AvgIpc) is 2.75. The van der Waals surface area contributed by atoms with E-state index in [-0.39, 0.29) is 22.5 Å². The van der Waals surface area contributed by atoms with Crippen molar-refractivity contribution < 1.29 is 18.0 Å². The number of pyridine rings is 1. The number of nitrogen functional groups attached to an aromatic ring is 1. The lowest BCUT2D eigenvalue weighted by Crippen LogP contribution is -2.64. The van der Waals surface area contributed by atoms with Crippen molar-refractivity contribution in [1.82, 2.24) is 25.2 Å². The monoisotopic (exact) mass is 432 g/mol. The molecule has 164 valence electrons. The first-order valence-electron chi connectivity index (χ1n) is 10.0. The van der Waals surface area contributed by atoms with Crippen LogP contribution in [-0.2, 0) is 0 Å². The van der Waals surface area contributed by atoms with Gasteiger partial charge in [0.1, 0.15) is 11.4 Å². The topological polar surface area (TPSA) is 97.0 Å². The van der Waals surface area contributed by atoms with Crippen LogP contribution in [-0.4, -0.2) is 50.9 Å². The summed E-state index contributed by atoms with van der Waals surface area (Å²) < 4.78 is 42.4. The van der Waals surface area contributed by atoms with Gasteiger partial charge in [0, 0.05) is 18.2 Å². The lowest BCUT2D eigenvalue weighted by atomic mass is 9.74. The van der Waals surface area contributed by atoms with Gasteiger partial charge in [0.25, 0.3) is 11.9 Å². The molecule has 0 spiro atoms. The van der Waals surface area contributed by atoms with Crippen molar-refractivity contribution in [2.75, 3.05) is 19.3 Å². The number of halogens is 3. The lowest BCUT2D eigenvalue weighted by molar-refractivity contribution is 0.0269. The minimum Gasteiger partial charge on any atom is -0.380 e. The molecule has 31 heavy (non-hydrogen) atoms. The van der Waals surface area contributed by atoms with Gasteiger partial charge >= 0.3 is 0 Å². The number of allylic oxidation sites excluding steroid dienone is 1. The molecule has 7 nitrogen and oxygen atoms in total. The molecule has 3 fully saturated rings. The first-order valence-corrected chi connectivity index (χ1v) is 10.0. The number of likely N-dealkylation sites (N-methyl/N-ethyl adjacent to an activating group) is 1. The number of rotatable bonds is 4. The lowest BCUT2D eigenvalue weighted by Gasteiger charge is -2.51. The molecular formula is C21H23F3N6O. The van der Waals surface area contributed by atoms with Gasteiger partial charge in [0.15, 0.2) is 11.6 Å². The predicted molar refractivity (Wildman–Crippen MR) is 109 cm³/mol. The van der Waals surface area contributed by atoms with Gasteiger partial charge in [-0.15, -0.1) is 0 Å². The first kappa shape index (κ1) is 21.2. The molecular weight excluding hydrogens is 409 g/mol. The number of aromatic nitrogens is 3. The van der Waals surface area contributed by atoms with Gasteiger partial charge in [-0.1, -0.05) is 0 Å². The molecule has 1 amide bonds. The highest BCUT2D eigenvalue weighted by molar-refractivity contribution is 5.96. The molecule has 3 aliphatic rings. The number of nitrogens with zero attached hydrogens (tertiary/aromatic N) is 4. The molecule has 3 N–H and O–H groups in total. The van der Waals surface area contributed by atoms with E-state index in [1.165, 1.54) is 13.0 Å². The van der Waals surface area contributed by atoms with E-state index >= 15 is 4.39 Å². The average molecular weight is 432 g/mol. The van der Waals surface area contributed by atoms with Crippen LogP contribution in [0.2, 0.25) is 0 Å². The van der Waals surface area contributed by atoms with Crippen LogP contribution in [0.1, 0.15) is 48.7 Å². The Morgan fingerprint density at radius 3 is 2.65 bits per heavy atom. The number of anilines is 1. The number of hydrogen-bond donors (Lipinski definition) is 2. The summed E-state index contributed by atoms with van der Waals surface area (Å²) >= 11 is 0. The number of fused-ring (bicyclic) bond motifs is 3. The summed E-state index contributed by atoms with van der Waals surface area (Å²) in [5.74, 6) is -3.16. The van der Waals surface area contributed by atoms with Crippen molar-refractivity contribution in [1.29, 1.82) is 0 Å². The largest absolute Gasteiger partial charge is 0.380 e. The second-order valence-corrected chi connectivity index (χ2v) is 8.32. The minimum atomic E-state index is -1.09. The van der Waals surface area contributed by atoms with Crippen molar-refractivity contribution in [2.24, 2.45) is 0 Å². The molecule has 0 atom stereocenters. The van der Waals surface area contributed by atoms with E-state index in [9.17, 15) is 13.6 Å². The maximum absolute atomic E-state index is 15.4. The third-order valence-corrected chi connectivity index (χ3v) is 6.23. The summed E-state index contributed by atoms with van der Waals surface area (Å²) in [6.45, 7) is 2.10. The molecule has 2 aromatic rings. The van der Waals surface area contributed by atoms with Gasteiger partial charge in [-0.2, -0.15) is 4.39 Å². The van der Waals surface area contributed by atoms with Crippen molar-refractivity contribution in [3.8, 4) is 11.4 Å². The van der Waals surface area contributed by atoms with Gasteiger partial charge in [-0.25, -0.2) is 23.7 Å². The number of nitrogens with two attached hydrogens (primary N) is 1. The first-order chi connectivity index (χ1) is 14.7. The van der Waals surface area contributed by atoms with Crippen molar-refractivity contribution in [3.63, 3.8) is 0 Å². The van der Waals surface area contributed by atoms with E-state index < -0.39 is 34.7 Å². The Morgan fingerprint density at radius 2 is 2.03 bits per heavy atom. The normalized spacial score (nSPS) is 23.8. The Labute approximate surface area is 177 Å². The Balaban J connectivity index is 1.76. The molecule has 0 radical (unpaired) electrons. The van der Waals surface area contributed by atoms with Crippen molar-refractivity contribution >= 4 is 17.3 Å². The highest BCUT2D eigenvalue weighted by Crippen LogP contribution is 2.38. The summed E-state index contributed by atoms with van der Waals surface area (Å²) in [4.78, 5) is 26.6. The van der Waals surface area contributed by atoms with Crippen LogP contribution in [0.4, 0.5) is 19.0 Å². The smallest absolute Gasteiger partial charge is 0.256 e. The van der Waals surface area contributed by atoms with E-state index in [1.807, 2.05) is 7.05 Å². The molecule has 2 saturated heterocycles. The number of carbonyl (C=O) groups excluding carboxylic acids is 1. The minimum absolute atomic E-state index is 0.0325. The molecule has 2 bridgehead atoms. The van der Waals surface area contributed by atoms with Gasteiger partial charge in [0.05, 0.1) is 29.3 Å². The maximum atomic E-state index is 15.4. The Hall–Kier alpha value is -3.01. The zero-order chi connectivity index (χ0) is 22.3. The van der Waals surface area contributed by atoms with Crippen molar-refractivity contribution in [3.05, 3.63) is 41.6 Å². The molecule has 1 saturated carbocycles. The Bertz CT molecular complexity index is 1070. The second kappa shape index (κ2) is 7.92. The number of nitrogens with one attached hydrogen (secondary N) is 1. The fourth-order valence-electron chi connectivity index (χ4n) is 4.45. The summed E-state index contributed by atoms with van der Waals surface area (Å²) in [5, 5.41) is 3.00. The summed E-state index contributed by atoms with van der Waals surface area (Å²) in [6, 6.07) is 1.70. The second-order valence-electron chi connectivity index (χ2n) is 8.32. The molecule has 5 rings (SSSR count). The Kier molecular flexibility index (Phi) is 5.42. The molecule has 0 aromatic carbocycles. The summed E-state index contributed by atoms with van der Waals surface area (Å²) in [7, 11) is 2.01. The van der Waals surface area contributed by atoms with E-state index in [4.69, 9.17) is 5.73 Å². The van der Waals surface area contributed by atoms with Gasteiger partial charge in [-0.05, 0) is 45.7 Å². The molecule has 4 heterocycles. The Morgan fingerprint density at radius 1 is 1.32 bits per heavy atom. The van der Waals surface area contributed by atoms with E-state index in [0.29, 0.717) is 18.9 Å². The van der Waals surface area contributed by atoms with Gasteiger partial charge < -0.3 is 16.0 Å². The van der Waals surface area contributed by atoms with Crippen LogP contribution < -0.4 is 11.1 Å². The van der Waals surface area contributed by atoms with Crippen molar-refractivity contribution in [2.45, 2.75) is 44.2 Å². The van der Waals surface area contributed by atoms with Crippen LogP contribution in [0, 0.1) is 11.8 Å². The van der Waals surface area contributed by atoms with Crippen LogP contribution in [0.3, 0.4) is 0 Å². The fourth-order valence-corrected chi connectivity index (χ4v) is 4.45. The molecule has 0 unspecified atom stereocenters. The summed E-state index contributed by atoms with van der Waals surface area (Å²) in [5.41, 5.74) is 4.04. The number of amides is 1. The highest BCUT2D eigenvalue weighted by atomic mass is 19.1. The SMILES string of the molecule is C/C(=C\F)c1cc(C(=O)NC23CCC(CC2)N(C)C3)c(F)c(-c2cnc(N)c(F)n2)n1. The van der Waals surface area contributed by atoms with E-state index in [0.717, 1.165) is 31.9 Å².